The molecule has 3 nitrogen and oxygen atoms in total. The first-order chi connectivity index (χ1) is 9.58. The highest BCUT2D eigenvalue weighted by Gasteiger charge is 2.07. The van der Waals surface area contributed by atoms with Gasteiger partial charge in [-0.1, -0.05) is 19.1 Å². The Morgan fingerprint density at radius 2 is 1.95 bits per heavy atom. The molecule has 1 aromatic heterocycles. The van der Waals surface area contributed by atoms with Crippen molar-refractivity contribution in [3.8, 4) is 5.75 Å². The topological polar surface area (TPSA) is 38.3 Å². The van der Waals surface area contributed by atoms with E-state index in [1.807, 2.05) is 44.2 Å². The lowest BCUT2D eigenvalue weighted by molar-refractivity contribution is -0.118. The Kier molecular flexibility index (Phi) is 4.79. The third kappa shape index (κ3) is 3.84. The normalized spacial score (nSPS) is 10.3. The molecule has 0 unspecified atom stereocenters. The molecule has 20 heavy (non-hydrogen) atoms. The van der Waals surface area contributed by atoms with Gasteiger partial charge in [0.15, 0.2) is 6.61 Å². The number of carbonyl (C=O) groups is 1. The Hall–Kier alpha value is -1.81. The van der Waals surface area contributed by atoms with Gasteiger partial charge in [0.05, 0.1) is 5.00 Å². The fourth-order valence-electron chi connectivity index (χ4n) is 1.78. The fourth-order valence-corrected chi connectivity index (χ4v) is 2.73. The first-order valence-corrected chi connectivity index (χ1v) is 7.48. The molecule has 0 atom stereocenters. The number of rotatable bonds is 5. The maximum atomic E-state index is 11.8. The molecule has 0 radical (unpaired) electrons. The van der Waals surface area contributed by atoms with Crippen LogP contribution in [0.2, 0.25) is 0 Å². The largest absolute Gasteiger partial charge is 0.484 e. The maximum Gasteiger partial charge on any atom is 0.262 e. The van der Waals surface area contributed by atoms with Gasteiger partial charge in [0.1, 0.15) is 5.75 Å². The standard InChI is InChI=1S/C16H19NO2S/c1-4-13-5-7-14(8-6-13)19-10-15(18)17-16-9-11(2)12(3)20-16/h5-9H,4,10H2,1-3H3,(H,17,18). The van der Waals surface area contributed by atoms with Crippen LogP contribution in [0.25, 0.3) is 0 Å². The van der Waals surface area contributed by atoms with Gasteiger partial charge in [-0.05, 0) is 49.6 Å². The van der Waals surface area contributed by atoms with Crippen molar-refractivity contribution < 1.29 is 9.53 Å². The summed E-state index contributed by atoms with van der Waals surface area (Å²) >= 11 is 1.58. The number of anilines is 1. The van der Waals surface area contributed by atoms with Crippen molar-refractivity contribution in [3.05, 3.63) is 46.3 Å². The van der Waals surface area contributed by atoms with Crippen LogP contribution in [-0.2, 0) is 11.2 Å². The lowest BCUT2D eigenvalue weighted by Gasteiger charge is -2.06. The van der Waals surface area contributed by atoms with Crippen LogP contribution in [0.3, 0.4) is 0 Å². The number of aryl methyl sites for hydroxylation is 3. The summed E-state index contributed by atoms with van der Waals surface area (Å²) in [5.74, 6) is 0.585. The first-order valence-electron chi connectivity index (χ1n) is 6.67. The fraction of sp³-hybridized carbons (Fsp3) is 0.312. The molecular weight excluding hydrogens is 270 g/mol. The SMILES string of the molecule is CCc1ccc(OCC(=O)Nc2cc(C)c(C)s2)cc1. The molecule has 4 heteroatoms. The van der Waals surface area contributed by atoms with Crippen LogP contribution in [-0.4, -0.2) is 12.5 Å². The summed E-state index contributed by atoms with van der Waals surface area (Å²) in [7, 11) is 0. The number of hydrogen-bond acceptors (Lipinski definition) is 3. The van der Waals surface area contributed by atoms with Gasteiger partial charge in [0.2, 0.25) is 0 Å². The molecule has 1 amide bonds. The molecule has 0 aliphatic heterocycles. The predicted octanol–water partition coefficient (Wildman–Crippen LogP) is 3.94. The van der Waals surface area contributed by atoms with E-state index in [4.69, 9.17) is 4.74 Å². The number of thiophene rings is 1. The summed E-state index contributed by atoms with van der Waals surface area (Å²) in [6.45, 7) is 6.21. The third-order valence-corrected chi connectivity index (χ3v) is 4.20. The highest BCUT2D eigenvalue weighted by atomic mass is 32.1. The van der Waals surface area contributed by atoms with Crippen LogP contribution < -0.4 is 10.1 Å². The summed E-state index contributed by atoms with van der Waals surface area (Å²) in [5.41, 5.74) is 2.45. The minimum atomic E-state index is -0.134. The minimum Gasteiger partial charge on any atom is -0.484 e. The van der Waals surface area contributed by atoms with Crippen LogP contribution in [0.4, 0.5) is 5.00 Å². The van der Waals surface area contributed by atoms with E-state index < -0.39 is 0 Å². The van der Waals surface area contributed by atoms with Gasteiger partial charge in [0, 0.05) is 4.88 Å². The van der Waals surface area contributed by atoms with Crippen LogP contribution >= 0.6 is 11.3 Å². The lowest BCUT2D eigenvalue weighted by Crippen LogP contribution is -2.19. The number of carbonyl (C=O) groups excluding carboxylic acids is 1. The van der Waals surface area contributed by atoms with Crippen molar-refractivity contribution in [2.75, 3.05) is 11.9 Å². The third-order valence-electron chi connectivity index (χ3n) is 3.13. The molecule has 0 fully saturated rings. The van der Waals surface area contributed by atoms with E-state index in [1.54, 1.807) is 11.3 Å². The number of hydrogen-bond donors (Lipinski definition) is 1. The summed E-state index contributed by atoms with van der Waals surface area (Å²) in [6, 6.07) is 9.80. The average molecular weight is 289 g/mol. The maximum absolute atomic E-state index is 11.8. The zero-order valence-electron chi connectivity index (χ0n) is 12.0. The van der Waals surface area contributed by atoms with E-state index in [0.29, 0.717) is 0 Å². The van der Waals surface area contributed by atoms with Crippen LogP contribution in [0, 0.1) is 13.8 Å². The summed E-state index contributed by atoms with van der Waals surface area (Å²) < 4.78 is 5.47. The Morgan fingerprint density at radius 3 is 2.50 bits per heavy atom. The molecule has 0 aliphatic carbocycles. The van der Waals surface area contributed by atoms with Gasteiger partial charge in [-0.3, -0.25) is 4.79 Å². The quantitative estimate of drug-likeness (QED) is 0.905. The van der Waals surface area contributed by atoms with Crippen molar-refractivity contribution in [1.82, 2.24) is 0 Å². The van der Waals surface area contributed by atoms with Crippen molar-refractivity contribution >= 4 is 22.2 Å². The molecule has 0 bridgehead atoms. The van der Waals surface area contributed by atoms with Crippen molar-refractivity contribution in [1.29, 1.82) is 0 Å². The van der Waals surface area contributed by atoms with Crippen molar-refractivity contribution in [2.45, 2.75) is 27.2 Å². The molecule has 1 N–H and O–H groups in total. The Bertz CT molecular complexity index is 568. The van der Waals surface area contributed by atoms with E-state index in [0.717, 1.165) is 17.2 Å². The summed E-state index contributed by atoms with van der Waals surface area (Å²) in [4.78, 5) is 13.0. The first kappa shape index (κ1) is 14.6. The molecule has 0 saturated heterocycles. The van der Waals surface area contributed by atoms with Gasteiger partial charge < -0.3 is 10.1 Å². The van der Waals surface area contributed by atoms with Gasteiger partial charge in [-0.2, -0.15) is 0 Å². The number of ether oxygens (including phenoxy) is 1. The van der Waals surface area contributed by atoms with Gasteiger partial charge >= 0.3 is 0 Å². The monoisotopic (exact) mass is 289 g/mol. The molecule has 0 saturated carbocycles. The second-order valence-electron chi connectivity index (χ2n) is 4.68. The van der Waals surface area contributed by atoms with Crippen LogP contribution in [0.5, 0.6) is 5.75 Å². The molecule has 1 aromatic carbocycles. The molecule has 0 aliphatic rings. The molecule has 2 aromatic rings. The minimum absolute atomic E-state index is 0.0292. The van der Waals surface area contributed by atoms with E-state index in [1.165, 1.54) is 16.0 Å². The summed E-state index contributed by atoms with van der Waals surface area (Å²) in [5, 5.41) is 3.72. The van der Waals surface area contributed by atoms with E-state index in [2.05, 4.69) is 12.2 Å². The zero-order valence-corrected chi connectivity index (χ0v) is 12.8. The smallest absolute Gasteiger partial charge is 0.262 e. The predicted molar refractivity (Wildman–Crippen MR) is 83.7 cm³/mol. The number of benzene rings is 1. The number of amides is 1. The van der Waals surface area contributed by atoms with Gasteiger partial charge in [-0.25, -0.2) is 0 Å². The molecule has 106 valence electrons. The highest BCUT2D eigenvalue weighted by molar-refractivity contribution is 7.16. The van der Waals surface area contributed by atoms with Gasteiger partial charge in [0.25, 0.3) is 5.91 Å². The van der Waals surface area contributed by atoms with E-state index in [-0.39, 0.29) is 12.5 Å². The Labute approximate surface area is 123 Å². The average Bonchev–Trinajstić information content (AvgIpc) is 2.75. The molecule has 2 rings (SSSR count). The molecule has 1 heterocycles. The Balaban J connectivity index is 1.85. The van der Waals surface area contributed by atoms with E-state index >= 15 is 0 Å². The van der Waals surface area contributed by atoms with Crippen molar-refractivity contribution in [3.63, 3.8) is 0 Å². The second kappa shape index (κ2) is 6.57. The Morgan fingerprint density at radius 1 is 1.25 bits per heavy atom. The van der Waals surface area contributed by atoms with Crippen molar-refractivity contribution in [2.24, 2.45) is 0 Å². The lowest BCUT2D eigenvalue weighted by atomic mass is 10.2. The van der Waals surface area contributed by atoms with Gasteiger partial charge in [-0.15, -0.1) is 11.3 Å². The molecular formula is C16H19NO2S. The summed E-state index contributed by atoms with van der Waals surface area (Å²) in [6.07, 6.45) is 0.998. The van der Waals surface area contributed by atoms with E-state index in [9.17, 15) is 4.79 Å². The molecule has 0 spiro atoms. The highest BCUT2D eigenvalue weighted by Crippen LogP contribution is 2.25. The van der Waals surface area contributed by atoms with Crippen LogP contribution in [0.15, 0.2) is 30.3 Å². The second-order valence-corrected chi connectivity index (χ2v) is 5.94. The van der Waals surface area contributed by atoms with Crippen LogP contribution in [0.1, 0.15) is 22.9 Å². The zero-order chi connectivity index (χ0) is 14.5. The number of nitrogens with one attached hydrogen (secondary N) is 1.